The summed E-state index contributed by atoms with van der Waals surface area (Å²) in [6.45, 7) is 12.5. The molecule has 4 heteroatoms. The molecule has 0 bridgehead atoms. The van der Waals surface area contributed by atoms with Gasteiger partial charge >= 0.3 is 0 Å². The van der Waals surface area contributed by atoms with Gasteiger partial charge in [0.1, 0.15) is 5.54 Å². The van der Waals surface area contributed by atoms with Crippen LogP contribution in [0.25, 0.3) is 0 Å². The fourth-order valence-corrected chi connectivity index (χ4v) is 2.23. The molecule has 4 nitrogen and oxygen atoms in total. The van der Waals surface area contributed by atoms with Crippen molar-refractivity contribution in [2.45, 2.75) is 45.3 Å². The van der Waals surface area contributed by atoms with Gasteiger partial charge in [-0.25, -0.2) is 0 Å². The molecule has 1 rings (SSSR count). The van der Waals surface area contributed by atoms with Gasteiger partial charge in [-0.2, -0.15) is 5.26 Å². The molecule has 1 N–H and O–H groups in total. The number of nitriles is 1. The van der Waals surface area contributed by atoms with Crippen LogP contribution >= 0.6 is 0 Å². The molecule has 0 aromatic heterocycles. The number of hydrogen-bond acceptors (Lipinski definition) is 4. The van der Waals surface area contributed by atoms with E-state index in [2.05, 4.69) is 37.1 Å². The summed E-state index contributed by atoms with van der Waals surface area (Å²) in [7, 11) is 0. The van der Waals surface area contributed by atoms with Crippen LogP contribution in [0, 0.1) is 11.3 Å². The van der Waals surface area contributed by atoms with Crippen molar-refractivity contribution in [1.82, 2.24) is 10.2 Å². The van der Waals surface area contributed by atoms with Crippen molar-refractivity contribution in [3.63, 3.8) is 0 Å². The summed E-state index contributed by atoms with van der Waals surface area (Å²) in [5, 5.41) is 12.6. The zero-order valence-corrected chi connectivity index (χ0v) is 11.5. The lowest BCUT2D eigenvalue weighted by atomic mass is 10.0. The smallest absolute Gasteiger partial charge is 0.116 e. The number of hydrogen-bond donors (Lipinski definition) is 1. The molecule has 0 spiro atoms. The monoisotopic (exact) mass is 239 g/mol. The molecule has 1 saturated heterocycles. The Kier molecular flexibility index (Phi) is 4.93. The lowest BCUT2D eigenvalue weighted by Gasteiger charge is -2.40. The molecule has 1 fully saturated rings. The van der Waals surface area contributed by atoms with Crippen molar-refractivity contribution in [3.05, 3.63) is 0 Å². The quantitative estimate of drug-likeness (QED) is 0.787. The molecule has 1 heterocycles. The molecule has 0 amide bonds. The minimum Gasteiger partial charge on any atom is -0.373 e. The van der Waals surface area contributed by atoms with Crippen molar-refractivity contribution in [2.24, 2.45) is 0 Å². The first-order valence-electron chi connectivity index (χ1n) is 6.43. The number of nitrogens with zero attached hydrogens (tertiary/aromatic N) is 2. The lowest BCUT2D eigenvalue weighted by Crippen LogP contribution is -2.56. The first-order valence-corrected chi connectivity index (χ1v) is 6.43. The summed E-state index contributed by atoms with van der Waals surface area (Å²) >= 11 is 0. The van der Waals surface area contributed by atoms with Crippen LogP contribution in [0.5, 0.6) is 0 Å². The first kappa shape index (κ1) is 14.4. The van der Waals surface area contributed by atoms with Gasteiger partial charge in [-0.3, -0.25) is 10.2 Å². The number of nitrogens with one attached hydrogen (secondary N) is 1. The minimum atomic E-state index is -0.455. The van der Waals surface area contributed by atoms with Crippen LogP contribution in [0.1, 0.15) is 34.1 Å². The minimum absolute atomic E-state index is 0.0978. The van der Waals surface area contributed by atoms with E-state index in [0.29, 0.717) is 0 Å². The van der Waals surface area contributed by atoms with Gasteiger partial charge in [0, 0.05) is 19.6 Å². The van der Waals surface area contributed by atoms with Gasteiger partial charge in [-0.05, 0) is 33.7 Å². The number of morpholine rings is 1. The van der Waals surface area contributed by atoms with Gasteiger partial charge in [0.2, 0.25) is 0 Å². The van der Waals surface area contributed by atoms with E-state index in [1.165, 1.54) is 0 Å². The maximum atomic E-state index is 9.30. The molecule has 1 aliphatic rings. The van der Waals surface area contributed by atoms with Gasteiger partial charge in [0.05, 0.1) is 18.3 Å². The maximum absolute atomic E-state index is 9.30. The van der Waals surface area contributed by atoms with Crippen molar-refractivity contribution in [3.8, 4) is 6.07 Å². The van der Waals surface area contributed by atoms with Gasteiger partial charge in [0.15, 0.2) is 0 Å². The SMILES string of the molecule is CCCNC(C)(C#N)CN1CCOC(C)(C)C1. The zero-order chi connectivity index (χ0) is 12.9. The summed E-state index contributed by atoms with van der Waals surface area (Å²) < 4.78 is 5.68. The average Bonchev–Trinajstić information content (AvgIpc) is 2.25. The first-order chi connectivity index (χ1) is 7.91. The molecule has 0 aromatic rings. The zero-order valence-electron chi connectivity index (χ0n) is 11.5. The van der Waals surface area contributed by atoms with Crippen LogP contribution in [-0.4, -0.2) is 48.8 Å². The highest BCUT2D eigenvalue weighted by atomic mass is 16.5. The predicted octanol–water partition coefficient (Wildman–Crippen LogP) is 1.38. The highest BCUT2D eigenvalue weighted by Gasteiger charge is 2.32. The average molecular weight is 239 g/mol. The Balaban J connectivity index is 2.53. The summed E-state index contributed by atoms with van der Waals surface area (Å²) in [6.07, 6.45) is 1.05. The van der Waals surface area contributed by atoms with Gasteiger partial charge in [-0.1, -0.05) is 6.92 Å². The van der Waals surface area contributed by atoms with E-state index in [1.54, 1.807) is 0 Å². The van der Waals surface area contributed by atoms with Gasteiger partial charge < -0.3 is 4.74 Å². The number of rotatable bonds is 5. The van der Waals surface area contributed by atoms with Crippen LogP contribution < -0.4 is 5.32 Å². The second-order valence-corrected chi connectivity index (χ2v) is 5.69. The summed E-state index contributed by atoms with van der Waals surface area (Å²) in [4.78, 5) is 2.31. The van der Waals surface area contributed by atoms with E-state index >= 15 is 0 Å². The Morgan fingerprint density at radius 3 is 2.76 bits per heavy atom. The standard InChI is InChI=1S/C13H25N3O/c1-5-6-15-13(4,9-14)11-16-7-8-17-12(2,3)10-16/h15H,5-8,10-11H2,1-4H3. The van der Waals surface area contributed by atoms with Crippen molar-refractivity contribution in [2.75, 3.05) is 32.8 Å². The second-order valence-electron chi connectivity index (χ2n) is 5.69. The van der Waals surface area contributed by atoms with E-state index in [0.717, 1.165) is 39.2 Å². The molecule has 0 saturated carbocycles. The van der Waals surface area contributed by atoms with Crippen LogP contribution in [0.4, 0.5) is 0 Å². The van der Waals surface area contributed by atoms with Crippen molar-refractivity contribution in [1.29, 1.82) is 5.26 Å². The van der Waals surface area contributed by atoms with E-state index in [1.807, 2.05) is 6.92 Å². The van der Waals surface area contributed by atoms with Crippen molar-refractivity contribution < 1.29 is 4.74 Å². The summed E-state index contributed by atoms with van der Waals surface area (Å²) in [5.41, 5.74) is -0.553. The Hall–Kier alpha value is -0.630. The highest BCUT2D eigenvalue weighted by molar-refractivity contribution is 5.06. The third kappa shape index (κ3) is 4.63. The highest BCUT2D eigenvalue weighted by Crippen LogP contribution is 2.18. The van der Waals surface area contributed by atoms with Gasteiger partial charge in [-0.15, -0.1) is 0 Å². The third-order valence-corrected chi connectivity index (χ3v) is 3.06. The third-order valence-electron chi connectivity index (χ3n) is 3.06. The Labute approximate surface area is 105 Å². The van der Waals surface area contributed by atoms with Crippen LogP contribution in [-0.2, 0) is 4.74 Å². The normalized spacial score (nSPS) is 23.9. The number of ether oxygens (including phenoxy) is 1. The molecule has 17 heavy (non-hydrogen) atoms. The largest absolute Gasteiger partial charge is 0.373 e. The van der Waals surface area contributed by atoms with Crippen molar-refractivity contribution >= 4 is 0 Å². The Morgan fingerprint density at radius 1 is 1.53 bits per heavy atom. The molecule has 1 aliphatic heterocycles. The molecule has 1 atom stereocenters. The molecule has 1 unspecified atom stereocenters. The van der Waals surface area contributed by atoms with E-state index < -0.39 is 5.54 Å². The summed E-state index contributed by atoms with van der Waals surface area (Å²) in [5.74, 6) is 0. The van der Waals surface area contributed by atoms with E-state index in [-0.39, 0.29) is 5.60 Å². The van der Waals surface area contributed by atoms with Gasteiger partial charge in [0.25, 0.3) is 0 Å². The molecule has 0 aliphatic carbocycles. The van der Waals surface area contributed by atoms with Crippen LogP contribution in [0.2, 0.25) is 0 Å². The lowest BCUT2D eigenvalue weighted by molar-refractivity contribution is -0.0890. The molecule has 0 aromatic carbocycles. The Bertz CT molecular complexity index is 285. The molecular weight excluding hydrogens is 214 g/mol. The Morgan fingerprint density at radius 2 is 2.24 bits per heavy atom. The van der Waals surface area contributed by atoms with Crippen LogP contribution in [0.3, 0.4) is 0 Å². The molecular formula is C13H25N3O. The molecule has 98 valence electrons. The topological polar surface area (TPSA) is 48.3 Å². The van der Waals surface area contributed by atoms with Crippen LogP contribution in [0.15, 0.2) is 0 Å². The molecule has 0 radical (unpaired) electrons. The second kappa shape index (κ2) is 5.81. The fraction of sp³-hybridized carbons (Fsp3) is 0.923. The summed E-state index contributed by atoms with van der Waals surface area (Å²) in [6, 6.07) is 2.39. The van der Waals surface area contributed by atoms with E-state index in [4.69, 9.17) is 4.74 Å². The maximum Gasteiger partial charge on any atom is 0.116 e. The fourth-order valence-electron chi connectivity index (χ4n) is 2.23. The van der Waals surface area contributed by atoms with E-state index in [9.17, 15) is 5.26 Å². The predicted molar refractivity (Wildman–Crippen MR) is 68.8 cm³/mol.